The quantitative estimate of drug-likeness (QED) is 0.637. The molecule has 0 aliphatic heterocycles. The van der Waals surface area contributed by atoms with E-state index in [1.54, 1.807) is 11.3 Å². The van der Waals surface area contributed by atoms with E-state index >= 15 is 0 Å². The molecule has 1 aromatic carbocycles. The molecule has 1 heterocycles. The van der Waals surface area contributed by atoms with E-state index in [-0.39, 0.29) is 0 Å². The highest BCUT2D eigenvalue weighted by molar-refractivity contribution is 7.09. The van der Waals surface area contributed by atoms with E-state index in [9.17, 15) is 0 Å². The second-order valence-corrected chi connectivity index (χ2v) is 5.79. The number of rotatable bonds is 6. The molecule has 2 aromatic rings. The highest BCUT2D eigenvalue weighted by Gasteiger charge is 1.99. The Morgan fingerprint density at radius 1 is 1.23 bits per heavy atom. The zero-order valence-electron chi connectivity index (χ0n) is 12.7. The first-order chi connectivity index (χ1) is 10.8. The smallest absolute Gasteiger partial charge is 0.191 e. The van der Waals surface area contributed by atoms with Crippen LogP contribution < -0.4 is 10.6 Å². The third kappa shape index (κ3) is 5.23. The van der Waals surface area contributed by atoms with Gasteiger partial charge in [-0.25, -0.2) is 4.99 Å². The molecule has 4 nitrogen and oxygen atoms in total. The fourth-order valence-electron chi connectivity index (χ4n) is 1.96. The molecule has 5 heteroatoms. The maximum atomic E-state index is 8.80. The Bertz CT molecular complexity index is 624. The van der Waals surface area contributed by atoms with Crippen LogP contribution >= 0.6 is 11.3 Å². The summed E-state index contributed by atoms with van der Waals surface area (Å²) in [5, 5.41) is 17.5. The molecule has 0 saturated carbocycles. The molecule has 0 bridgehead atoms. The molecule has 0 aliphatic rings. The standard InChI is InChI=1S/C17H20N4S/c1-2-19-17(20-10-9-16-4-3-11-22-16)21-13-15-7-5-14(12-18)6-8-15/h3-8,11H,2,9-10,13H2,1H3,(H2,19,20,21). The van der Waals surface area contributed by atoms with Crippen molar-refractivity contribution in [1.82, 2.24) is 10.6 Å². The van der Waals surface area contributed by atoms with Gasteiger partial charge in [-0.15, -0.1) is 11.3 Å². The first kappa shape index (κ1) is 16.1. The average molecular weight is 312 g/mol. The molecule has 0 fully saturated rings. The van der Waals surface area contributed by atoms with Gasteiger partial charge in [-0.2, -0.15) is 5.26 Å². The number of benzene rings is 1. The summed E-state index contributed by atoms with van der Waals surface area (Å²) in [4.78, 5) is 5.94. The lowest BCUT2D eigenvalue weighted by molar-refractivity contribution is 0.804. The number of thiophene rings is 1. The Labute approximate surface area is 135 Å². The average Bonchev–Trinajstić information content (AvgIpc) is 3.06. The Morgan fingerprint density at radius 2 is 2.05 bits per heavy atom. The van der Waals surface area contributed by atoms with Crippen molar-refractivity contribution < 1.29 is 0 Å². The van der Waals surface area contributed by atoms with Crippen molar-refractivity contribution in [1.29, 1.82) is 5.26 Å². The third-order valence-corrected chi connectivity index (χ3v) is 4.03. The molecule has 0 saturated heterocycles. The summed E-state index contributed by atoms with van der Waals surface area (Å²) in [5.41, 5.74) is 1.77. The second-order valence-electron chi connectivity index (χ2n) is 4.76. The van der Waals surface area contributed by atoms with Crippen molar-refractivity contribution in [2.75, 3.05) is 13.1 Å². The van der Waals surface area contributed by atoms with E-state index in [1.807, 2.05) is 24.3 Å². The van der Waals surface area contributed by atoms with Crippen LogP contribution in [0.5, 0.6) is 0 Å². The number of guanidine groups is 1. The van der Waals surface area contributed by atoms with Crippen LogP contribution in [0.4, 0.5) is 0 Å². The molecule has 2 N–H and O–H groups in total. The second kappa shape index (κ2) is 8.85. The molecular formula is C17H20N4S. The first-order valence-corrected chi connectivity index (χ1v) is 8.23. The fourth-order valence-corrected chi connectivity index (χ4v) is 2.66. The van der Waals surface area contributed by atoms with E-state index in [0.29, 0.717) is 12.1 Å². The van der Waals surface area contributed by atoms with E-state index in [4.69, 9.17) is 5.26 Å². The summed E-state index contributed by atoms with van der Waals surface area (Å²) in [6.45, 7) is 4.34. The van der Waals surface area contributed by atoms with Gasteiger partial charge in [-0.1, -0.05) is 18.2 Å². The van der Waals surface area contributed by atoms with Gasteiger partial charge in [0.15, 0.2) is 5.96 Å². The van der Waals surface area contributed by atoms with Crippen molar-refractivity contribution in [3.63, 3.8) is 0 Å². The van der Waals surface area contributed by atoms with Gasteiger partial charge in [-0.05, 0) is 42.5 Å². The Balaban J connectivity index is 1.86. The zero-order valence-corrected chi connectivity index (χ0v) is 13.5. The summed E-state index contributed by atoms with van der Waals surface area (Å²) in [5.74, 6) is 0.823. The van der Waals surface area contributed by atoms with E-state index in [1.165, 1.54) is 4.88 Å². The van der Waals surface area contributed by atoms with E-state index in [2.05, 4.69) is 46.1 Å². The van der Waals surface area contributed by atoms with Gasteiger partial charge in [0.25, 0.3) is 0 Å². The predicted octanol–water partition coefficient (Wildman–Crippen LogP) is 2.92. The molecule has 0 aliphatic carbocycles. The van der Waals surface area contributed by atoms with Crippen LogP contribution in [0.2, 0.25) is 0 Å². The van der Waals surface area contributed by atoms with Gasteiger partial charge in [0.2, 0.25) is 0 Å². The van der Waals surface area contributed by atoms with Gasteiger partial charge in [0, 0.05) is 18.0 Å². The minimum Gasteiger partial charge on any atom is -0.357 e. The van der Waals surface area contributed by atoms with Crippen molar-refractivity contribution in [3.05, 3.63) is 57.8 Å². The molecule has 0 atom stereocenters. The number of nitrogens with one attached hydrogen (secondary N) is 2. The van der Waals surface area contributed by atoms with Crippen LogP contribution in [0, 0.1) is 11.3 Å². The Morgan fingerprint density at radius 3 is 2.68 bits per heavy atom. The van der Waals surface area contributed by atoms with Crippen LogP contribution in [0.3, 0.4) is 0 Å². The number of nitrogens with zero attached hydrogens (tertiary/aromatic N) is 2. The van der Waals surface area contributed by atoms with Crippen molar-refractivity contribution >= 4 is 17.3 Å². The minimum atomic E-state index is 0.597. The van der Waals surface area contributed by atoms with Crippen LogP contribution in [-0.4, -0.2) is 19.0 Å². The van der Waals surface area contributed by atoms with Crippen LogP contribution in [0.1, 0.15) is 22.9 Å². The largest absolute Gasteiger partial charge is 0.357 e. The molecule has 0 radical (unpaired) electrons. The lowest BCUT2D eigenvalue weighted by Crippen LogP contribution is -2.38. The van der Waals surface area contributed by atoms with E-state index in [0.717, 1.165) is 31.0 Å². The molecule has 22 heavy (non-hydrogen) atoms. The molecule has 114 valence electrons. The zero-order chi connectivity index (χ0) is 15.6. The lowest BCUT2D eigenvalue weighted by atomic mass is 10.1. The van der Waals surface area contributed by atoms with Gasteiger partial charge in [-0.3, -0.25) is 0 Å². The summed E-state index contributed by atoms with van der Waals surface area (Å²) in [6.07, 6.45) is 0.999. The van der Waals surface area contributed by atoms with Crippen LogP contribution in [0.25, 0.3) is 0 Å². The normalized spacial score (nSPS) is 11.0. The van der Waals surface area contributed by atoms with Crippen molar-refractivity contribution in [2.45, 2.75) is 19.9 Å². The molecule has 0 unspecified atom stereocenters. The number of hydrogen-bond acceptors (Lipinski definition) is 3. The topological polar surface area (TPSA) is 60.2 Å². The first-order valence-electron chi connectivity index (χ1n) is 7.35. The molecular weight excluding hydrogens is 292 g/mol. The van der Waals surface area contributed by atoms with Crippen molar-refractivity contribution in [3.8, 4) is 6.07 Å². The monoisotopic (exact) mass is 312 g/mol. The van der Waals surface area contributed by atoms with Crippen molar-refractivity contribution in [2.24, 2.45) is 4.99 Å². The fraction of sp³-hybridized carbons (Fsp3) is 0.294. The highest BCUT2D eigenvalue weighted by Crippen LogP contribution is 2.08. The molecule has 2 rings (SSSR count). The summed E-state index contributed by atoms with van der Waals surface area (Å²) in [6, 6.07) is 13.9. The molecule has 0 amide bonds. The maximum absolute atomic E-state index is 8.80. The van der Waals surface area contributed by atoms with Crippen LogP contribution in [0.15, 0.2) is 46.8 Å². The number of aliphatic imine (C=N–C) groups is 1. The summed E-state index contributed by atoms with van der Waals surface area (Å²) in [7, 11) is 0. The lowest BCUT2D eigenvalue weighted by Gasteiger charge is -2.10. The van der Waals surface area contributed by atoms with Gasteiger partial charge in [0.05, 0.1) is 18.2 Å². The third-order valence-electron chi connectivity index (χ3n) is 3.09. The van der Waals surface area contributed by atoms with E-state index < -0.39 is 0 Å². The Kier molecular flexibility index (Phi) is 6.46. The predicted molar refractivity (Wildman–Crippen MR) is 92.0 cm³/mol. The molecule has 0 spiro atoms. The van der Waals surface area contributed by atoms with Crippen LogP contribution in [-0.2, 0) is 13.0 Å². The molecule has 1 aromatic heterocycles. The SMILES string of the molecule is CCNC(=NCc1ccc(C#N)cc1)NCCc1cccs1. The summed E-state index contributed by atoms with van der Waals surface area (Å²) >= 11 is 1.77. The maximum Gasteiger partial charge on any atom is 0.191 e. The highest BCUT2D eigenvalue weighted by atomic mass is 32.1. The number of hydrogen-bond donors (Lipinski definition) is 2. The van der Waals surface area contributed by atoms with Gasteiger partial charge >= 0.3 is 0 Å². The van der Waals surface area contributed by atoms with Gasteiger partial charge < -0.3 is 10.6 Å². The Hall–Kier alpha value is -2.32. The summed E-state index contributed by atoms with van der Waals surface area (Å²) < 4.78 is 0. The minimum absolute atomic E-state index is 0.597. The number of nitriles is 1. The van der Waals surface area contributed by atoms with Gasteiger partial charge in [0.1, 0.15) is 0 Å².